The van der Waals surface area contributed by atoms with Crippen molar-refractivity contribution in [2.24, 2.45) is 0 Å². The molecule has 4 heteroatoms. The first-order valence-electron chi connectivity index (χ1n) is 2.68. The summed E-state index contributed by atoms with van der Waals surface area (Å²) < 4.78 is 6.04. The first-order valence-corrected chi connectivity index (χ1v) is 3.47. The Hall–Kier alpha value is -0.350. The Labute approximate surface area is 60.5 Å². The lowest BCUT2D eigenvalue weighted by Crippen LogP contribution is -1.79. The van der Waals surface area contributed by atoms with E-state index in [9.17, 15) is 0 Å². The monoisotopic (exact) mass is 188 g/mol. The van der Waals surface area contributed by atoms with Crippen molar-refractivity contribution < 1.29 is 4.74 Å². The van der Waals surface area contributed by atoms with Gasteiger partial charge in [0.1, 0.15) is 6.10 Å². The molecule has 0 bridgehead atoms. The SMILES string of the molecule is Brc1cn[nH]c1C1CO1. The van der Waals surface area contributed by atoms with Crippen LogP contribution in [0.1, 0.15) is 11.8 Å². The number of hydrogen-bond donors (Lipinski definition) is 1. The number of halogens is 1. The van der Waals surface area contributed by atoms with Crippen LogP contribution in [-0.2, 0) is 4.74 Å². The van der Waals surface area contributed by atoms with Crippen molar-refractivity contribution in [2.75, 3.05) is 6.61 Å². The van der Waals surface area contributed by atoms with Gasteiger partial charge in [-0.1, -0.05) is 0 Å². The van der Waals surface area contributed by atoms with Crippen LogP contribution in [0.3, 0.4) is 0 Å². The first-order chi connectivity index (χ1) is 4.38. The summed E-state index contributed by atoms with van der Waals surface area (Å²) in [4.78, 5) is 0. The number of nitrogens with zero attached hydrogens (tertiary/aromatic N) is 1. The Bertz CT molecular complexity index is 218. The van der Waals surface area contributed by atoms with E-state index in [4.69, 9.17) is 4.74 Å². The highest BCUT2D eigenvalue weighted by molar-refractivity contribution is 9.10. The number of H-pyrrole nitrogens is 1. The fourth-order valence-corrected chi connectivity index (χ4v) is 1.17. The molecule has 0 radical (unpaired) electrons. The van der Waals surface area contributed by atoms with Crippen LogP contribution in [0.25, 0.3) is 0 Å². The zero-order valence-corrected chi connectivity index (χ0v) is 6.18. The largest absolute Gasteiger partial charge is 0.366 e. The Balaban J connectivity index is 2.35. The number of ether oxygens (including phenoxy) is 1. The maximum atomic E-state index is 5.03. The van der Waals surface area contributed by atoms with Crippen molar-refractivity contribution >= 4 is 15.9 Å². The molecule has 1 aromatic heterocycles. The van der Waals surface area contributed by atoms with Crippen LogP contribution in [0.4, 0.5) is 0 Å². The zero-order chi connectivity index (χ0) is 6.27. The van der Waals surface area contributed by atoms with Gasteiger partial charge in [-0.15, -0.1) is 0 Å². The molecule has 0 spiro atoms. The second-order valence-corrected chi connectivity index (χ2v) is 2.81. The topological polar surface area (TPSA) is 41.2 Å². The predicted octanol–water partition coefficient (Wildman–Crippen LogP) is 1.24. The number of nitrogens with one attached hydrogen (secondary N) is 1. The number of epoxide rings is 1. The number of aromatic amines is 1. The van der Waals surface area contributed by atoms with E-state index >= 15 is 0 Å². The van der Waals surface area contributed by atoms with Gasteiger partial charge in [0, 0.05) is 0 Å². The van der Waals surface area contributed by atoms with Gasteiger partial charge in [-0.2, -0.15) is 5.10 Å². The maximum Gasteiger partial charge on any atom is 0.123 e. The molecule has 3 nitrogen and oxygen atoms in total. The third kappa shape index (κ3) is 0.881. The van der Waals surface area contributed by atoms with E-state index in [1.165, 1.54) is 0 Å². The summed E-state index contributed by atoms with van der Waals surface area (Å²) in [6.45, 7) is 0.820. The fourth-order valence-electron chi connectivity index (χ4n) is 0.722. The van der Waals surface area contributed by atoms with Gasteiger partial charge in [-0.05, 0) is 15.9 Å². The van der Waals surface area contributed by atoms with Gasteiger partial charge in [0.2, 0.25) is 0 Å². The molecule has 0 amide bonds. The Morgan fingerprint density at radius 2 is 2.67 bits per heavy atom. The standard InChI is InChI=1S/C5H5BrN2O/c6-3-1-7-8-5(3)4-2-9-4/h1,4H,2H2,(H,7,8). The quantitative estimate of drug-likeness (QED) is 0.675. The van der Waals surface area contributed by atoms with Gasteiger partial charge >= 0.3 is 0 Å². The Kier molecular flexibility index (Phi) is 1.10. The molecule has 1 saturated heterocycles. The molecule has 2 rings (SSSR count). The van der Waals surface area contributed by atoms with Crippen molar-refractivity contribution in [3.8, 4) is 0 Å². The van der Waals surface area contributed by atoms with Gasteiger partial charge in [0.25, 0.3) is 0 Å². The second-order valence-electron chi connectivity index (χ2n) is 1.95. The van der Waals surface area contributed by atoms with E-state index in [0.717, 1.165) is 16.8 Å². The third-order valence-electron chi connectivity index (χ3n) is 1.28. The molecule has 1 aromatic rings. The van der Waals surface area contributed by atoms with Crippen molar-refractivity contribution in [1.29, 1.82) is 0 Å². The molecule has 1 fully saturated rings. The first kappa shape index (κ1) is 5.44. The van der Waals surface area contributed by atoms with Gasteiger partial charge in [-0.3, -0.25) is 5.10 Å². The summed E-state index contributed by atoms with van der Waals surface area (Å²) in [5.41, 5.74) is 1.05. The molecule has 1 unspecified atom stereocenters. The summed E-state index contributed by atoms with van der Waals surface area (Å²) in [7, 11) is 0. The van der Waals surface area contributed by atoms with E-state index in [1.54, 1.807) is 6.20 Å². The predicted molar refractivity (Wildman–Crippen MR) is 35.0 cm³/mol. The highest BCUT2D eigenvalue weighted by atomic mass is 79.9. The van der Waals surface area contributed by atoms with Crippen LogP contribution in [0, 0.1) is 0 Å². The minimum Gasteiger partial charge on any atom is -0.366 e. The fraction of sp³-hybridized carbons (Fsp3) is 0.400. The average molecular weight is 189 g/mol. The maximum absolute atomic E-state index is 5.03. The molecule has 0 aromatic carbocycles. The molecule has 0 aliphatic carbocycles. The van der Waals surface area contributed by atoms with Crippen LogP contribution < -0.4 is 0 Å². The van der Waals surface area contributed by atoms with Crippen LogP contribution in [0.15, 0.2) is 10.7 Å². The number of aromatic nitrogens is 2. The lowest BCUT2D eigenvalue weighted by molar-refractivity contribution is 0.410. The van der Waals surface area contributed by atoms with E-state index in [-0.39, 0.29) is 6.10 Å². The van der Waals surface area contributed by atoms with Crippen LogP contribution in [0.2, 0.25) is 0 Å². The Morgan fingerprint density at radius 1 is 1.89 bits per heavy atom. The smallest absolute Gasteiger partial charge is 0.123 e. The summed E-state index contributed by atoms with van der Waals surface area (Å²) in [6, 6.07) is 0. The zero-order valence-electron chi connectivity index (χ0n) is 4.60. The molecular weight excluding hydrogens is 184 g/mol. The van der Waals surface area contributed by atoms with Gasteiger partial charge < -0.3 is 4.74 Å². The van der Waals surface area contributed by atoms with E-state index in [2.05, 4.69) is 26.1 Å². The van der Waals surface area contributed by atoms with Crippen molar-refractivity contribution in [3.63, 3.8) is 0 Å². The molecule has 1 N–H and O–H groups in total. The average Bonchev–Trinajstić information content (AvgIpc) is 2.58. The molecule has 2 heterocycles. The van der Waals surface area contributed by atoms with Gasteiger partial charge in [-0.25, -0.2) is 0 Å². The molecular formula is C5H5BrN2O. The molecule has 0 saturated carbocycles. The lowest BCUT2D eigenvalue weighted by atomic mass is 10.3. The molecule has 1 atom stereocenters. The number of hydrogen-bond acceptors (Lipinski definition) is 2. The highest BCUT2D eigenvalue weighted by Gasteiger charge is 2.28. The van der Waals surface area contributed by atoms with Gasteiger partial charge in [0.15, 0.2) is 0 Å². The normalized spacial score (nSPS) is 24.3. The molecule has 9 heavy (non-hydrogen) atoms. The van der Waals surface area contributed by atoms with Gasteiger partial charge in [0.05, 0.1) is 23.0 Å². The lowest BCUT2D eigenvalue weighted by Gasteiger charge is -1.85. The van der Waals surface area contributed by atoms with Crippen molar-refractivity contribution in [1.82, 2.24) is 10.2 Å². The number of rotatable bonds is 1. The van der Waals surface area contributed by atoms with Crippen molar-refractivity contribution in [2.45, 2.75) is 6.10 Å². The summed E-state index contributed by atoms with van der Waals surface area (Å²) in [5, 5.41) is 6.68. The Morgan fingerprint density at radius 3 is 3.11 bits per heavy atom. The highest BCUT2D eigenvalue weighted by Crippen LogP contribution is 2.32. The minimum absolute atomic E-state index is 0.266. The third-order valence-corrected chi connectivity index (χ3v) is 1.91. The van der Waals surface area contributed by atoms with E-state index in [0.29, 0.717) is 0 Å². The van der Waals surface area contributed by atoms with Crippen molar-refractivity contribution in [3.05, 3.63) is 16.4 Å². The second kappa shape index (κ2) is 1.82. The minimum atomic E-state index is 0.266. The summed E-state index contributed by atoms with van der Waals surface area (Å²) in [6.07, 6.45) is 2.00. The molecule has 48 valence electrons. The molecule has 1 aliphatic heterocycles. The van der Waals surface area contributed by atoms with Crippen LogP contribution in [0.5, 0.6) is 0 Å². The summed E-state index contributed by atoms with van der Waals surface area (Å²) >= 11 is 3.33. The van der Waals surface area contributed by atoms with E-state index < -0.39 is 0 Å². The van der Waals surface area contributed by atoms with Crippen LogP contribution >= 0.6 is 15.9 Å². The van der Waals surface area contributed by atoms with Crippen LogP contribution in [-0.4, -0.2) is 16.8 Å². The summed E-state index contributed by atoms with van der Waals surface area (Å²) in [5.74, 6) is 0. The van der Waals surface area contributed by atoms with E-state index in [1.807, 2.05) is 0 Å². The molecule has 1 aliphatic rings.